The first-order valence-electron chi connectivity index (χ1n) is 16.6. The number of aryl methyl sites for hydroxylation is 1. The number of morpholine rings is 1. The Kier molecular flexibility index (Phi) is 9.87. The van der Waals surface area contributed by atoms with Gasteiger partial charge in [0.25, 0.3) is 5.91 Å². The summed E-state index contributed by atoms with van der Waals surface area (Å²) >= 11 is 6.34. The lowest BCUT2D eigenvalue weighted by Gasteiger charge is -2.40. The number of anilines is 1. The van der Waals surface area contributed by atoms with Gasteiger partial charge < -0.3 is 29.3 Å². The van der Waals surface area contributed by atoms with Crippen molar-refractivity contribution in [1.82, 2.24) is 29.8 Å². The zero-order valence-corrected chi connectivity index (χ0v) is 29.7. The van der Waals surface area contributed by atoms with Crippen molar-refractivity contribution in [2.45, 2.75) is 64.7 Å². The van der Waals surface area contributed by atoms with Crippen LogP contribution in [0.4, 0.5) is 10.6 Å². The van der Waals surface area contributed by atoms with E-state index in [4.69, 9.17) is 35.8 Å². The molecule has 2 aliphatic heterocycles. The maximum Gasteiger partial charge on any atom is 0.410 e. The highest BCUT2D eigenvalue weighted by molar-refractivity contribution is 6.34. The Bertz CT molecular complexity index is 1910. The molecular weight excluding hydrogens is 660 g/mol. The van der Waals surface area contributed by atoms with Crippen LogP contribution in [-0.2, 0) is 9.47 Å². The van der Waals surface area contributed by atoms with Crippen LogP contribution in [0.15, 0.2) is 49.1 Å². The molecule has 1 aromatic carbocycles. The number of fused-ring (bicyclic) bond motifs is 1. The minimum atomic E-state index is -0.591. The minimum absolute atomic E-state index is 0.170. The fraction of sp³-hybridized carbons (Fsp3) is 0.444. The fourth-order valence-corrected chi connectivity index (χ4v) is 6.50. The third kappa shape index (κ3) is 7.77. The van der Waals surface area contributed by atoms with Gasteiger partial charge in [0, 0.05) is 30.7 Å². The second-order valence-corrected chi connectivity index (χ2v) is 14.4. The number of ether oxygens (including phenoxy) is 3. The number of nitriles is 1. The Hall–Kier alpha value is -4.93. The summed E-state index contributed by atoms with van der Waals surface area (Å²) in [5, 5.41) is 17.8. The van der Waals surface area contributed by atoms with Crippen LogP contribution in [-0.4, -0.2) is 93.1 Å². The van der Waals surface area contributed by atoms with Crippen molar-refractivity contribution in [3.8, 4) is 23.1 Å². The van der Waals surface area contributed by atoms with Crippen molar-refractivity contribution in [3.05, 3.63) is 70.8 Å². The van der Waals surface area contributed by atoms with Crippen LogP contribution < -0.4 is 15.0 Å². The van der Waals surface area contributed by atoms with E-state index in [0.717, 1.165) is 5.56 Å². The van der Waals surface area contributed by atoms with Crippen molar-refractivity contribution in [1.29, 1.82) is 5.26 Å². The topological polar surface area (TPSA) is 147 Å². The predicted molar refractivity (Wildman–Crippen MR) is 187 cm³/mol. The van der Waals surface area contributed by atoms with E-state index < -0.39 is 11.1 Å². The van der Waals surface area contributed by atoms with E-state index in [2.05, 4.69) is 28.3 Å². The third-order valence-corrected chi connectivity index (χ3v) is 9.22. The second kappa shape index (κ2) is 14.1. The van der Waals surface area contributed by atoms with Gasteiger partial charge in [0.2, 0.25) is 0 Å². The summed E-state index contributed by atoms with van der Waals surface area (Å²) in [5.41, 5.74) is 2.53. The van der Waals surface area contributed by atoms with Crippen molar-refractivity contribution in [2.24, 2.45) is 0 Å². The highest BCUT2D eigenvalue weighted by atomic mass is 35.5. The lowest BCUT2D eigenvalue weighted by atomic mass is 9.89. The Balaban J connectivity index is 1.13. The number of hydrogen-bond acceptors (Lipinski definition) is 10. The Morgan fingerprint density at radius 3 is 2.62 bits per heavy atom. The van der Waals surface area contributed by atoms with Gasteiger partial charge in [0.15, 0.2) is 0 Å². The zero-order chi connectivity index (χ0) is 35.6. The standard InChI is InChI=1S/C36H41ClN8O5/c1-23-7-6-8-28(37)31(23)33(46)42-36(5)9-11-43(12-10-36)30-19-39-29(18-40-30)27-15-25(21-45-32(27)24(16-38)17-41-45)49-22-26-20-44(13-14-48-26)34(47)50-35(2,3)4/h6-8,15,17-19,21,26H,9-14,20,22H2,1-5H3,(H,42,46). The number of halogens is 1. The quantitative estimate of drug-likeness (QED) is 0.265. The molecule has 6 rings (SSSR count). The molecule has 14 heteroatoms. The van der Waals surface area contributed by atoms with Crippen LogP contribution in [0, 0.1) is 18.3 Å². The first-order valence-corrected chi connectivity index (χ1v) is 17.0. The number of aromatic nitrogens is 4. The van der Waals surface area contributed by atoms with Crippen LogP contribution >= 0.6 is 11.6 Å². The number of nitrogens with one attached hydrogen (secondary N) is 1. The van der Waals surface area contributed by atoms with E-state index in [1.807, 2.05) is 45.9 Å². The normalized spacial score (nSPS) is 17.7. The highest BCUT2D eigenvalue weighted by Crippen LogP contribution is 2.32. The molecule has 5 heterocycles. The first-order chi connectivity index (χ1) is 23.8. The number of carbonyl (C=O) groups excluding carboxylic acids is 2. The molecule has 2 amide bonds. The molecular formula is C36H41ClN8O5. The van der Waals surface area contributed by atoms with Gasteiger partial charge in [-0.15, -0.1) is 0 Å². The number of carbonyl (C=O) groups is 2. The Morgan fingerprint density at radius 1 is 1.16 bits per heavy atom. The lowest BCUT2D eigenvalue weighted by molar-refractivity contribution is -0.0557. The number of amides is 2. The number of rotatable bonds is 7. The molecule has 0 saturated carbocycles. The molecule has 4 aromatic rings. The van der Waals surface area contributed by atoms with Gasteiger partial charge >= 0.3 is 6.09 Å². The third-order valence-electron chi connectivity index (χ3n) is 8.90. The minimum Gasteiger partial charge on any atom is -0.489 e. The van der Waals surface area contributed by atoms with E-state index >= 15 is 0 Å². The molecule has 13 nitrogen and oxygen atoms in total. The van der Waals surface area contributed by atoms with E-state index in [1.54, 1.807) is 34.1 Å². The fourth-order valence-electron chi connectivity index (χ4n) is 6.19. The van der Waals surface area contributed by atoms with Crippen LogP contribution in [0.2, 0.25) is 5.02 Å². The van der Waals surface area contributed by atoms with Crippen molar-refractivity contribution < 1.29 is 23.8 Å². The van der Waals surface area contributed by atoms with Gasteiger partial charge in [-0.2, -0.15) is 10.4 Å². The van der Waals surface area contributed by atoms with Gasteiger partial charge in [0.1, 0.15) is 35.9 Å². The molecule has 1 atom stereocenters. The van der Waals surface area contributed by atoms with Crippen LogP contribution in [0.3, 0.4) is 0 Å². The molecule has 1 unspecified atom stereocenters. The number of benzene rings is 1. The van der Waals surface area contributed by atoms with Gasteiger partial charge in [-0.25, -0.2) is 14.3 Å². The lowest BCUT2D eigenvalue weighted by Crippen LogP contribution is -2.53. The monoisotopic (exact) mass is 700 g/mol. The van der Waals surface area contributed by atoms with Crippen LogP contribution in [0.25, 0.3) is 16.8 Å². The van der Waals surface area contributed by atoms with Crippen molar-refractivity contribution >= 4 is 34.9 Å². The second-order valence-electron chi connectivity index (χ2n) is 14.0. The number of pyridine rings is 1. The summed E-state index contributed by atoms with van der Waals surface area (Å²) < 4.78 is 19.1. The summed E-state index contributed by atoms with van der Waals surface area (Å²) in [7, 11) is 0. The Labute approximate surface area is 296 Å². The Morgan fingerprint density at radius 2 is 1.94 bits per heavy atom. The van der Waals surface area contributed by atoms with Gasteiger partial charge in [-0.3, -0.25) is 9.78 Å². The van der Waals surface area contributed by atoms with Crippen molar-refractivity contribution in [3.63, 3.8) is 0 Å². The molecule has 2 saturated heterocycles. The molecule has 0 bridgehead atoms. The summed E-state index contributed by atoms with van der Waals surface area (Å²) in [5.74, 6) is 1.04. The maximum absolute atomic E-state index is 13.1. The van der Waals surface area contributed by atoms with Crippen LogP contribution in [0.5, 0.6) is 5.75 Å². The van der Waals surface area contributed by atoms with Crippen LogP contribution in [0.1, 0.15) is 62.0 Å². The molecule has 50 heavy (non-hydrogen) atoms. The van der Waals surface area contributed by atoms with Gasteiger partial charge in [0.05, 0.1) is 65.3 Å². The largest absolute Gasteiger partial charge is 0.489 e. The van der Waals surface area contributed by atoms with E-state index in [0.29, 0.717) is 90.1 Å². The average molecular weight is 701 g/mol. The SMILES string of the molecule is Cc1cccc(Cl)c1C(=O)NC1(C)CCN(c2cnc(-c3cc(OCC4CN(C(=O)OC(C)(C)C)CCO4)cn4ncc(C#N)c34)cn2)CC1. The summed E-state index contributed by atoms with van der Waals surface area (Å²) in [6.45, 7) is 12.1. The maximum atomic E-state index is 13.1. The molecule has 0 radical (unpaired) electrons. The molecule has 2 aliphatic rings. The van der Waals surface area contributed by atoms with E-state index in [1.165, 1.54) is 6.20 Å². The molecule has 262 valence electrons. The molecule has 1 N–H and O–H groups in total. The molecule has 3 aromatic heterocycles. The van der Waals surface area contributed by atoms with Crippen molar-refractivity contribution in [2.75, 3.05) is 44.3 Å². The predicted octanol–water partition coefficient (Wildman–Crippen LogP) is 5.43. The number of nitrogens with zero attached hydrogens (tertiary/aromatic N) is 7. The zero-order valence-electron chi connectivity index (χ0n) is 28.9. The summed E-state index contributed by atoms with van der Waals surface area (Å²) in [6, 6.07) is 9.47. The van der Waals surface area contributed by atoms with E-state index in [-0.39, 0.29) is 24.7 Å². The smallest absolute Gasteiger partial charge is 0.410 e. The first kappa shape index (κ1) is 34.9. The summed E-state index contributed by atoms with van der Waals surface area (Å²) in [4.78, 5) is 39.0. The molecule has 0 spiro atoms. The average Bonchev–Trinajstić information content (AvgIpc) is 3.50. The molecule has 2 fully saturated rings. The summed E-state index contributed by atoms with van der Waals surface area (Å²) in [6.07, 6.45) is 7.29. The molecule has 0 aliphatic carbocycles. The van der Waals surface area contributed by atoms with E-state index in [9.17, 15) is 14.9 Å². The van der Waals surface area contributed by atoms with Gasteiger partial charge in [-0.05, 0) is 65.2 Å². The highest BCUT2D eigenvalue weighted by Gasteiger charge is 2.33. The number of hydrogen-bond donors (Lipinski definition) is 1. The van der Waals surface area contributed by atoms with Gasteiger partial charge in [-0.1, -0.05) is 23.7 Å². The number of piperidine rings is 1.